The van der Waals surface area contributed by atoms with Crippen molar-refractivity contribution in [3.05, 3.63) is 60.6 Å². The van der Waals surface area contributed by atoms with E-state index in [0.717, 1.165) is 24.6 Å². The van der Waals surface area contributed by atoms with Crippen molar-refractivity contribution in [2.45, 2.75) is 82.5 Å². The number of ether oxygens (including phenoxy) is 2. The van der Waals surface area contributed by atoms with Crippen LogP contribution in [0.3, 0.4) is 0 Å². The summed E-state index contributed by atoms with van der Waals surface area (Å²) < 4.78 is 12.6. The van der Waals surface area contributed by atoms with Crippen LogP contribution >= 0.6 is 0 Å². The second-order valence-corrected chi connectivity index (χ2v) is 15.8. The Morgan fingerprint density at radius 1 is 1.07 bits per heavy atom. The summed E-state index contributed by atoms with van der Waals surface area (Å²) in [6.45, 7) is 5.72. The first kappa shape index (κ1) is 36.9. The van der Waals surface area contributed by atoms with Crippen LogP contribution in [0.25, 0.3) is 16.6 Å². The Kier molecular flexibility index (Phi) is 9.83. The molecule has 0 unspecified atom stereocenters. The van der Waals surface area contributed by atoms with E-state index in [-0.39, 0.29) is 49.5 Å². The molecule has 3 N–H and O–H groups in total. The number of rotatable bonds is 5. The number of pyridine rings is 1. The lowest BCUT2D eigenvalue weighted by atomic mass is 9.93. The number of nitrogens with zero attached hydrogens (tertiary/aromatic N) is 5. The molecule has 286 valence electrons. The maximum Gasteiger partial charge on any atom is 0.408 e. The SMILES string of the molecule is COc1ccc2c(-n3cccn3)cc(C(=O)N3C[C@H]4CN5C(=O)[C@H](NC(=O)OC(C)(C)C)CCCCC/C=C\[C@@H]6C[C@@]6(C(=O)O)NC(=O)[C@@H]5[C@H]4C3)nc2c1. The standard InChI is InChI=1S/C39H47N7O8/c1-38(2,3)54-37(52)42-28-12-9-7-5-6-8-11-24-19-39(24,36(50)51)43-33(47)32-27-22-44(20-23(27)21-45(32)35(28)49)34(48)30-18-31(46-16-10-15-40-46)26-14-13-25(53-4)17-29(26)41-30/h8,10-11,13-18,23-24,27-28,32H,5-7,9,12,19-22H2,1-4H3,(H,42,52)(H,43,47)(H,50,51)/b11-8-/t23-,24+,27-,28+,32-,39+/m0/s1. The molecule has 1 aliphatic carbocycles. The number of carboxylic acids is 1. The zero-order valence-corrected chi connectivity index (χ0v) is 31.0. The highest BCUT2D eigenvalue weighted by molar-refractivity contribution is 5.99. The van der Waals surface area contributed by atoms with Gasteiger partial charge in [0.1, 0.15) is 34.7 Å². The number of carbonyl (C=O) groups is 5. The van der Waals surface area contributed by atoms with Gasteiger partial charge in [0.2, 0.25) is 11.8 Å². The molecule has 7 rings (SSSR count). The molecule has 54 heavy (non-hydrogen) atoms. The molecule has 15 heteroatoms. The van der Waals surface area contributed by atoms with Crippen molar-refractivity contribution < 1.29 is 38.6 Å². The maximum atomic E-state index is 14.4. The fraction of sp³-hybridized carbons (Fsp3) is 0.513. The van der Waals surface area contributed by atoms with Crippen LogP contribution in [0.1, 0.15) is 69.8 Å². The molecule has 2 saturated heterocycles. The van der Waals surface area contributed by atoms with E-state index >= 15 is 0 Å². The largest absolute Gasteiger partial charge is 0.497 e. The number of likely N-dealkylation sites (tertiary alicyclic amines) is 1. The first-order valence-corrected chi connectivity index (χ1v) is 18.6. The smallest absolute Gasteiger partial charge is 0.408 e. The fourth-order valence-electron chi connectivity index (χ4n) is 8.18. The van der Waals surface area contributed by atoms with Crippen LogP contribution in [0.5, 0.6) is 5.75 Å². The third-order valence-corrected chi connectivity index (χ3v) is 10.9. The number of fused-ring (bicyclic) bond motifs is 5. The first-order chi connectivity index (χ1) is 25.8. The van der Waals surface area contributed by atoms with Crippen LogP contribution in [0, 0.1) is 17.8 Å². The van der Waals surface area contributed by atoms with E-state index in [1.165, 1.54) is 4.90 Å². The monoisotopic (exact) mass is 741 g/mol. The van der Waals surface area contributed by atoms with Gasteiger partial charge in [-0.1, -0.05) is 25.0 Å². The number of amides is 4. The predicted octanol–water partition coefficient (Wildman–Crippen LogP) is 3.70. The summed E-state index contributed by atoms with van der Waals surface area (Å²) in [6.07, 6.45) is 10.1. The average Bonchev–Trinajstić information content (AvgIpc) is 3.49. The molecule has 1 saturated carbocycles. The lowest BCUT2D eigenvalue weighted by molar-refractivity contribution is -0.146. The van der Waals surface area contributed by atoms with Crippen molar-refractivity contribution >= 4 is 40.7 Å². The van der Waals surface area contributed by atoms with Gasteiger partial charge in [-0.15, -0.1) is 0 Å². The minimum Gasteiger partial charge on any atom is -0.497 e. The van der Waals surface area contributed by atoms with Crippen molar-refractivity contribution in [2.24, 2.45) is 17.8 Å². The van der Waals surface area contributed by atoms with Crippen molar-refractivity contribution in [1.29, 1.82) is 0 Å². The fourth-order valence-corrected chi connectivity index (χ4v) is 8.18. The summed E-state index contributed by atoms with van der Waals surface area (Å²) in [5.41, 5.74) is -0.899. The number of alkyl carbamates (subject to hydrolysis) is 1. The highest BCUT2D eigenvalue weighted by atomic mass is 16.6. The number of allylic oxidation sites excluding steroid dienone is 1. The average molecular weight is 742 g/mol. The second-order valence-electron chi connectivity index (χ2n) is 15.8. The molecule has 0 bridgehead atoms. The number of hydrogen-bond donors (Lipinski definition) is 3. The molecule has 3 aromatic rings. The van der Waals surface area contributed by atoms with Gasteiger partial charge in [-0.25, -0.2) is 19.3 Å². The Balaban J connectivity index is 1.20. The maximum absolute atomic E-state index is 14.4. The van der Waals surface area contributed by atoms with Gasteiger partial charge in [0.15, 0.2) is 0 Å². The molecule has 6 atom stereocenters. The van der Waals surface area contributed by atoms with E-state index in [9.17, 15) is 29.1 Å². The van der Waals surface area contributed by atoms with Crippen LogP contribution in [-0.2, 0) is 19.1 Å². The molecular formula is C39H47N7O8. The van der Waals surface area contributed by atoms with E-state index in [1.54, 1.807) is 68.1 Å². The number of methoxy groups -OCH3 is 1. The van der Waals surface area contributed by atoms with Crippen molar-refractivity contribution in [3.63, 3.8) is 0 Å². The van der Waals surface area contributed by atoms with E-state index in [2.05, 4.69) is 15.7 Å². The third kappa shape index (κ3) is 7.23. The van der Waals surface area contributed by atoms with E-state index in [1.807, 2.05) is 24.3 Å². The summed E-state index contributed by atoms with van der Waals surface area (Å²) >= 11 is 0. The van der Waals surface area contributed by atoms with Crippen LogP contribution in [0.4, 0.5) is 4.79 Å². The normalized spacial score (nSPS) is 27.8. The van der Waals surface area contributed by atoms with Gasteiger partial charge >= 0.3 is 12.1 Å². The van der Waals surface area contributed by atoms with Gasteiger partial charge in [0.25, 0.3) is 5.91 Å². The zero-order chi connectivity index (χ0) is 38.4. The molecule has 15 nitrogen and oxygen atoms in total. The number of carbonyl (C=O) groups excluding carboxylic acids is 4. The number of nitrogens with one attached hydrogen (secondary N) is 2. The van der Waals surface area contributed by atoms with Gasteiger partial charge in [0.05, 0.1) is 18.3 Å². The topological polar surface area (TPSA) is 185 Å². The van der Waals surface area contributed by atoms with Gasteiger partial charge in [-0.2, -0.15) is 5.10 Å². The predicted molar refractivity (Wildman–Crippen MR) is 196 cm³/mol. The number of benzene rings is 1. The number of aromatic nitrogens is 3. The lowest BCUT2D eigenvalue weighted by Gasteiger charge is -2.33. The molecule has 0 spiro atoms. The zero-order valence-electron chi connectivity index (χ0n) is 31.0. The number of hydrogen-bond acceptors (Lipinski definition) is 9. The van der Waals surface area contributed by atoms with Crippen LogP contribution in [0.2, 0.25) is 0 Å². The highest BCUT2D eigenvalue weighted by Crippen LogP contribution is 2.46. The lowest BCUT2D eigenvalue weighted by Crippen LogP contribution is -2.58. The summed E-state index contributed by atoms with van der Waals surface area (Å²) in [6, 6.07) is 6.86. The highest BCUT2D eigenvalue weighted by Gasteiger charge is 2.62. The molecular weight excluding hydrogens is 694 g/mol. The van der Waals surface area contributed by atoms with Crippen molar-refractivity contribution in [2.75, 3.05) is 26.7 Å². The number of carboxylic acid groups (broad SMARTS) is 1. The van der Waals surface area contributed by atoms with Crippen LogP contribution < -0.4 is 15.4 Å². The van der Waals surface area contributed by atoms with Gasteiger partial charge < -0.3 is 35.0 Å². The van der Waals surface area contributed by atoms with Crippen LogP contribution in [-0.4, -0.2) is 109 Å². The molecule has 1 aromatic carbocycles. The first-order valence-electron chi connectivity index (χ1n) is 18.6. The summed E-state index contributed by atoms with van der Waals surface area (Å²) in [4.78, 5) is 76.5. The molecule has 0 radical (unpaired) electrons. The Labute approximate surface area is 313 Å². The Hall–Kier alpha value is -5.47. The Bertz CT molecular complexity index is 1990. The molecule has 5 heterocycles. The van der Waals surface area contributed by atoms with Crippen molar-refractivity contribution in [1.82, 2.24) is 35.2 Å². The second kappa shape index (κ2) is 14.4. The Morgan fingerprint density at radius 3 is 2.61 bits per heavy atom. The summed E-state index contributed by atoms with van der Waals surface area (Å²) in [5, 5.41) is 21.0. The molecule has 4 amide bonds. The minimum atomic E-state index is -1.48. The van der Waals surface area contributed by atoms with E-state index < -0.39 is 53.0 Å². The molecule has 3 fully saturated rings. The van der Waals surface area contributed by atoms with Crippen molar-refractivity contribution in [3.8, 4) is 11.4 Å². The molecule has 3 aliphatic heterocycles. The molecule has 4 aliphatic rings. The van der Waals surface area contributed by atoms with Gasteiger partial charge in [-0.05, 0) is 70.7 Å². The van der Waals surface area contributed by atoms with Crippen LogP contribution in [0.15, 0.2) is 54.9 Å². The third-order valence-electron chi connectivity index (χ3n) is 10.9. The van der Waals surface area contributed by atoms with E-state index in [4.69, 9.17) is 14.5 Å². The van der Waals surface area contributed by atoms with Gasteiger partial charge in [0, 0.05) is 61.2 Å². The molecule has 2 aromatic heterocycles. The van der Waals surface area contributed by atoms with Gasteiger partial charge in [-0.3, -0.25) is 14.4 Å². The number of aliphatic carboxylic acids is 1. The summed E-state index contributed by atoms with van der Waals surface area (Å²) in [5.74, 6) is -3.11. The Morgan fingerprint density at radius 2 is 1.89 bits per heavy atom. The quantitative estimate of drug-likeness (QED) is 0.326. The summed E-state index contributed by atoms with van der Waals surface area (Å²) in [7, 11) is 1.55. The van der Waals surface area contributed by atoms with E-state index in [0.29, 0.717) is 29.8 Å². The minimum absolute atomic E-state index is 0.133.